The Morgan fingerprint density at radius 2 is 2.28 bits per heavy atom. The van der Waals surface area contributed by atoms with Crippen molar-refractivity contribution >= 4 is 5.95 Å². The first-order chi connectivity index (χ1) is 8.29. The molecular weight excluding hydrogens is 259 g/mol. The van der Waals surface area contributed by atoms with E-state index in [1.807, 2.05) is 0 Å². The van der Waals surface area contributed by atoms with Crippen LogP contribution in [0.3, 0.4) is 0 Å². The largest absolute Gasteiger partial charge is 0.434 e. The molecule has 1 aromatic rings. The maximum atomic E-state index is 11.7. The molecule has 1 atom stereocenters. The van der Waals surface area contributed by atoms with Crippen LogP contribution >= 0.6 is 0 Å². The van der Waals surface area contributed by atoms with Gasteiger partial charge in [0.15, 0.2) is 0 Å². The first kappa shape index (κ1) is 14.4. The van der Waals surface area contributed by atoms with Gasteiger partial charge in [-0.05, 0) is 4.92 Å². The summed E-state index contributed by atoms with van der Waals surface area (Å²) in [6.07, 6.45) is -3.37. The normalized spacial score (nSPS) is 13.6. The van der Waals surface area contributed by atoms with Crippen LogP contribution in [0.15, 0.2) is 12.4 Å². The summed E-state index contributed by atoms with van der Waals surface area (Å²) < 4.78 is 40.5. The van der Waals surface area contributed by atoms with Crippen LogP contribution in [-0.4, -0.2) is 45.1 Å². The van der Waals surface area contributed by atoms with E-state index in [1.165, 1.54) is 6.20 Å². The second kappa shape index (κ2) is 5.78. The van der Waals surface area contributed by atoms with Crippen LogP contribution in [0.4, 0.5) is 19.1 Å². The van der Waals surface area contributed by atoms with Gasteiger partial charge in [0.2, 0.25) is 0 Å². The number of hydrogen-bond donors (Lipinski definition) is 1. The van der Waals surface area contributed by atoms with E-state index in [0.717, 1.165) is 10.8 Å². The molecule has 0 aliphatic heterocycles. The highest BCUT2D eigenvalue weighted by atomic mass is 19.4. The zero-order chi connectivity index (χ0) is 13.8. The van der Waals surface area contributed by atoms with Crippen molar-refractivity contribution in [3.05, 3.63) is 22.5 Å². The zero-order valence-corrected chi connectivity index (χ0v) is 9.00. The Balaban J connectivity index is 2.42. The zero-order valence-electron chi connectivity index (χ0n) is 9.00. The van der Waals surface area contributed by atoms with Gasteiger partial charge in [0, 0.05) is 0 Å². The Kier molecular flexibility index (Phi) is 4.62. The van der Waals surface area contributed by atoms with Gasteiger partial charge in [0.25, 0.3) is 0 Å². The van der Waals surface area contributed by atoms with Crippen LogP contribution < -0.4 is 0 Å². The number of aliphatic hydroxyl groups excluding tert-OH is 1. The first-order valence-electron chi connectivity index (χ1n) is 4.77. The van der Waals surface area contributed by atoms with Crippen LogP contribution in [-0.2, 0) is 11.3 Å². The molecule has 0 aliphatic carbocycles. The standard InChI is InChI=1S/C8H10F3N3O4/c9-8(10,11)5-18-4-6(15)3-13-2-1-12-7(13)14(16)17/h1-2,6,15H,3-5H2. The Morgan fingerprint density at radius 1 is 1.61 bits per heavy atom. The summed E-state index contributed by atoms with van der Waals surface area (Å²) in [5.74, 6) is -0.495. The molecule has 0 radical (unpaired) electrons. The maximum Gasteiger partial charge on any atom is 0.434 e. The molecule has 1 heterocycles. The molecule has 1 aromatic heterocycles. The fourth-order valence-corrected chi connectivity index (χ4v) is 1.21. The van der Waals surface area contributed by atoms with Crippen molar-refractivity contribution in [3.8, 4) is 0 Å². The fraction of sp³-hybridized carbons (Fsp3) is 0.625. The van der Waals surface area contributed by atoms with E-state index >= 15 is 0 Å². The monoisotopic (exact) mass is 269 g/mol. The van der Waals surface area contributed by atoms with Gasteiger partial charge in [-0.1, -0.05) is 4.98 Å². The second-order valence-electron chi connectivity index (χ2n) is 3.42. The molecule has 7 nitrogen and oxygen atoms in total. The van der Waals surface area contributed by atoms with E-state index in [2.05, 4.69) is 9.72 Å². The second-order valence-corrected chi connectivity index (χ2v) is 3.42. The molecule has 0 aliphatic rings. The molecule has 18 heavy (non-hydrogen) atoms. The minimum atomic E-state index is -4.47. The molecule has 1 N–H and O–H groups in total. The first-order valence-corrected chi connectivity index (χ1v) is 4.77. The number of nitrogens with zero attached hydrogens (tertiary/aromatic N) is 3. The summed E-state index contributed by atoms with van der Waals surface area (Å²) in [7, 11) is 0. The van der Waals surface area contributed by atoms with Crippen molar-refractivity contribution in [1.29, 1.82) is 0 Å². The van der Waals surface area contributed by atoms with E-state index < -0.39 is 36.4 Å². The molecule has 0 saturated heterocycles. The Bertz CT molecular complexity index is 407. The van der Waals surface area contributed by atoms with Gasteiger partial charge in [-0.2, -0.15) is 13.2 Å². The third-order valence-corrected chi connectivity index (χ3v) is 1.84. The van der Waals surface area contributed by atoms with Crippen molar-refractivity contribution in [2.24, 2.45) is 0 Å². The number of imidazole rings is 1. The van der Waals surface area contributed by atoms with E-state index in [1.54, 1.807) is 0 Å². The van der Waals surface area contributed by atoms with Gasteiger partial charge in [-0.25, -0.2) is 4.57 Å². The summed E-state index contributed by atoms with van der Waals surface area (Å²) >= 11 is 0. The fourth-order valence-electron chi connectivity index (χ4n) is 1.21. The molecule has 0 aromatic carbocycles. The lowest BCUT2D eigenvalue weighted by molar-refractivity contribution is -0.397. The maximum absolute atomic E-state index is 11.7. The van der Waals surface area contributed by atoms with E-state index in [4.69, 9.17) is 0 Å². The third kappa shape index (κ3) is 4.67. The number of rotatable bonds is 6. The number of nitro groups is 1. The number of ether oxygens (including phenoxy) is 1. The van der Waals surface area contributed by atoms with Gasteiger partial charge in [-0.15, -0.1) is 0 Å². The van der Waals surface area contributed by atoms with Crippen molar-refractivity contribution in [1.82, 2.24) is 9.55 Å². The smallest absolute Gasteiger partial charge is 0.390 e. The quantitative estimate of drug-likeness (QED) is 0.607. The molecular formula is C8H10F3N3O4. The van der Waals surface area contributed by atoms with Crippen molar-refractivity contribution in [2.45, 2.75) is 18.8 Å². The lowest BCUT2D eigenvalue weighted by Crippen LogP contribution is -2.26. The Morgan fingerprint density at radius 3 is 2.83 bits per heavy atom. The topological polar surface area (TPSA) is 90.4 Å². The van der Waals surface area contributed by atoms with Crippen LogP contribution in [0, 0.1) is 10.1 Å². The van der Waals surface area contributed by atoms with Crippen molar-refractivity contribution in [3.63, 3.8) is 0 Å². The SMILES string of the molecule is O=[N+]([O-])c1nccn1CC(O)COCC(F)(F)F. The number of halogens is 3. The van der Waals surface area contributed by atoms with Gasteiger partial charge >= 0.3 is 12.1 Å². The van der Waals surface area contributed by atoms with Crippen molar-refractivity contribution in [2.75, 3.05) is 13.2 Å². The van der Waals surface area contributed by atoms with Crippen LogP contribution in [0.1, 0.15) is 0 Å². The molecule has 0 fully saturated rings. The number of aromatic nitrogens is 2. The number of hydrogen-bond acceptors (Lipinski definition) is 5. The van der Waals surface area contributed by atoms with E-state index in [-0.39, 0.29) is 6.54 Å². The molecule has 0 spiro atoms. The van der Waals surface area contributed by atoms with E-state index in [9.17, 15) is 28.4 Å². The predicted molar refractivity (Wildman–Crippen MR) is 51.8 cm³/mol. The summed E-state index contributed by atoms with van der Waals surface area (Å²) in [4.78, 5) is 13.1. The lowest BCUT2D eigenvalue weighted by Gasteiger charge is -2.11. The Labute approximate surface area is 99.0 Å². The van der Waals surface area contributed by atoms with Gasteiger partial charge in [0.05, 0.1) is 13.2 Å². The molecule has 0 amide bonds. The summed E-state index contributed by atoms with van der Waals surface area (Å²) in [5, 5.41) is 19.8. The van der Waals surface area contributed by atoms with E-state index in [0.29, 0.717) is 0 Å². The van der Waals surface area contributed by atoms with Crippen LogP contribution in [0.2, 0.25) is 0 Å². The minimum absolute atomic E-state index is 0.270. The highest BCUT2D eigenvalue weighted by Crippen LogP contribution is 2.15. The average Bonchev–Trinajstić information content (AvgIpc) is 2.63. The third-order valence-electron chi connectivity index (χ3n) is 1.84. The molecule has 10 heteroatoms. The molecule has 0 saturated carbocycles. The van der Waals surface area contributed by atoms with Gasteiger partial charge < -0.3 is 20.0 Å². The summed E-state index contributed by atoms with van der Waals surface area (Å²) in [6.45, 7) is -2.32. The molecule has 1 unspecified atom stereocenters. The van der Waals surface area contributed by atoms with Gasteiger partial charge in [-0.3, -0.25) is 0 Å². The predicted octanol–water partition coefficient (Wildman–Crippen LogP) is 0.731. The minimum Gasteiger partial charge on any atom is -0.390 e. The average molecular weight is 269 g/mol. The van der Waals surface area contributed by atoms with Gasteiger partial charge in [0.1, 0.15) is 25.1 Å². The number of aliphatic hydroxyl groups is 1. The summed E-state index contributed by atoms with van der Waals surface area (Å²) in [5.41, 5.74) is 0. The molecule has 1 rings (SSSR count). The highest BCUT2D eigenvalue weighted by molar-refractivity contribution is 5.06. The molecule has 102 valence electrons. The lowest BCUT2D eigenvalue weighted by atomic mass is 10.4. The highest BCUT2D eigenvalue weighted by Gasteiger charge is 2.28. The van der Waals surface area contributed by atoms with Crippen LogP contribution in [0.5, 0.6) is 0 Å². The number of alkyl halides is 3. The van der Waals surface area contributed by atoms with Crippen molar-refractivity contribution < 1.29 is 27.9 Å². The van der Waals surface area contributed by atoms with Crippen LogP contribution in [0.25, 0.3) is 0 Å². The summed E-state index contributed by atoms with van der Waals surface area (Å²) in [6, 6.07) is 0. The molecule has 0 bridgehead atoms. The Hall–Kier alpha value is -1.68.